The van der Waals surface area contributed by atoms with Crippen molar-refractivity contribution in [1.29, 1.82) is 0 Å². The Labute approximate surface area is 109 Å². The number of hydrogen-bond acceptors (Lipinski definition) is 2. The van der Waals surface area contributed by atoms with Crippen molar-refractivity contribution >= 4 is 5.91 Å². The standard InChI is InChI=1S/C15H22N2O/c1-11-8-12(2)10-17(9-11)15(18)14(16)13-6-4-3-5-7-13/h3-7,11-12,14H,8-10,16H2,1-2H3/t11?,12?,14-/m0/s1. The summed E-state index contributed by atoms with van der Waals surface area (Å²) in [6, 6.07) is 9.09. The third-order valence-corrected chi connectivity index (χ3v) is 3.61. The zero-order valence-corrected chi connectivity index (χ0v) is 11.2. The van der Waals surface area contributed by atoms with Gasteiger partial charge in [0.05, 0.1) is 0 Å². The van der Waals surface area contributed by atoms with Crippen LogP contribution in [0.1, 0.15) is 31.9 Å². The molecule has 0 aliphatic carbocycles. The zero-order valence-electron chi connectivity index (χ0n) is 11.2. The molecule has 0 saturated carbocycles. The fourth-order valence-electron chi connectivity index (χ4n) is 2.84. The summed E-state index contributed by atoms with van der Waals surface area (Å²) in [5.74, 6) is 1.20. The van der Waals surface area contributed by atoms with Gasteiger partial charge in [-0.15, -0.1) is 0 Å². The maximum Gasteiger partial charge on any atom is 0.244 e. The topological polar surface area (TPSA) is 46.3 Å². The molecule has 1 fully saturated rings. The average molecular weight is 246 g/mol. The number of nitrogens with two attached hydrogens (primary N) is 1. The molecule has 1 aliphatic rings. The van der Waals surface area contributed by atoms with Crippen LogP contribution in [-0.2, 0) is 4.79 Å². The van der Waals surface area contributed by atoms with Gasteiger partial charge in [-0.05, 0) is 23.8 Å². The van der Waals surface area contributed by atoms with Crippen LogP contribution in [0.25, 0.3) is 0 Å². The maximum atomic E-state index is 12.4. The van der Waals surface area contributed by atoms with Crippen molar-refractivity contribution in [1.82, 2.24) is 4.90 Å². The third-order valence-electron chi connectivity index (χ3n) is 3.61. The van der Waals surface area contributed by atoms with Gasteiger partial charge in [0.1, 0.15) is 6.04 Å². The Kier molecular flexibility index (Phi) is 4.02. The number of piperidine rings is 1. The fourth-order valence-corrected chi connectivity index (χ4v) is 2.84. The van der Waals surface area contributed by atoms with Gasteiger partial charge in [0.15, 0.2) is 0 Å². The smallest absolute Gasteiger partial charge is 0.244 e. The van der Waals surface area contributed by atoms with E-state index in [1.165, 1.54) is 6.42 Å². The van der Waals surface area contributed by atoms with Crippen molar-refractivity contribution in [2.75, 3.05) is 13.1 Å². The molecule has 3 nitrogen and oxygen atoms in total. The molecule has 2 unspecified atom stereocenters. The fraction of sp³-hybridized carbons (Fsp3) is 0.533. The maximum absolute atomic E-state index is 12.4. The molecular formula is C15H22N2O. The van der Waals surface area contributed by atoms with E-state index in [1.54, 1.807) is 0 Å². The van der Waals surface area contributed by atoms with Crippen LogP contribution in [0.2, 0.25) is 0 Å². The third kappa shape index (κ3) is 2.91. The van der Waals surface area contributed by atoms with Crippen LogP contribution in [0.4, 0.5) is 0 Å². The number of hydrogen-bond donors (Lipinski definition) is 1. The Morgan fingerprint density at radius 3 is 2.33 bits per heavy atom. The van der Waals surface area contributed by atoms with Gasteiger partial charge in [-0.25, -0.2) is 0 Å². The molecule has 3 heteroatoms. The lowest BCUT2D eigenvalue weighted by molar-refractivity contribution is -0.135. The van der Waals surface area contributed by atoms with Gasteiger partial charge < -0.3 is 10.6 Å². The van der Waals surface area contributed by atoms with Gasteiger partial charge in [0.2, 0.25) is 5.91 Å². The monoisotopic (exact) mass is 246 g/mol. The van der Waals surface area contributed by atoms with E-state index < -0.39 is 6.04 Å². The van der Waals surface area contributed by atoms with E-state index in [1.807, 2.05) is 35.2 Å². The normalized spacial score (nSPS) is 25.8. The average Bonchev–Trinajstić information content (AvgIpc) is 2.37. The lowest BCUT2D eigenvalue weighted by Gasteiger charge is -2.36. The molecule has 1 aromatic carbocycles. The second-order valence-electron chi connectivity index (χ2n) is 5.58. The van der Waals surface area contributed by atoms with E-state index in [4.69, 9.17) is 5.73 Å². The van der Waals surface area contributed by atoms with Crippen molar-refractivity contribution in [2.45, 2.75) is 26.3 Å². The molecule has 98 valence electrons. The number of carbonyl (C=O) groups is 1. The highest BCUT2D eigenvalue weighted by Gasteiger charge is 2.28. The number of carbonyl (C=O) groups excluding carboxylic acids is 1. The first-order chi connectivity index (χ1) is 8.58. The Bertz CT molecular complexity index is 394. The first-order valence-corrected chi connectivity index (χ1v) is 6.67. The van der Waals surface area contributed by atoms with Crippen LogP contribution < -0.4 is 5.73 Å². The molecule has 3 atom stereocenters. The Morgan fingerprint density at radius 2 is 1.78 bits per heavy atom. The van der Waals surface area contributed by atoms with E-state index in [2.05, 4.69) is 13.8 Å². The summed E-state index contributed by atoms with van der Waals surface area (Å²) >= 11 is 0. The summed E-state index contributed by atoms with van der Waals surface area (Å²) in [5, 5.41) is 0. The van der Waals surface area contributed by atoms with Gasteiger partial charge in [-0.2, -0.15) is 0 Å². The number of amides is 1. The first kappa shape index (κ1) is 13.1. The molecule has 18 heavy (non-hydrogen) atoms. The van der Waals surface area contributed by atoms with Gasteiger partial charge in [-0.3, -0.25) is 4.79 Å². The second kappa shape index (κ2) is 5.53. The molecule has 1 aliphatic heterocycles. The highest BCUT2D eigenvalue weighted by molar-refractivity contribution is 5.83. The zero-order chi connectivity index (χ0) is 13.1. The Hall–Kier alpha value is -1.35. The van der Waals surface area contributed by atoms with Gasteiger partial charge >= 0.3 is 0 Å². The highest BCUT2D eigenvalue weighted by Crippen LogP contribution is 2.23. The number of likely N-dealkylation sites (tertiary alicyclic amines) is 1. The molecule has 0 bridgehead atoms. The van der Waals surface area contributed by atoms with E-state index in [0.29, 0.717) is 11.8 Å². The summed E-state index contributed by atoms with van der Waals surface area (Å²) in [6.45, 7) is 6.07. The van der Waals surface area contributed by atoms with Gasteiger partial charge in [0, 0.05) is 13.1 Å². The molecule has 1 aromatic rings. The summed E-state index contributed by atoms with van der Waals surface area (Å²) < 4.78 is 0. The highest BCUT2D eigenvalue weighted by atomic mass is 16.2. The van der Waals surface area contributed by atoms with E-state index in [-0.39, 0.29) is 5.91 Å². The molecule has 1 heterocycles. The predicted octanol–water partition coefficient (Wildman–Crippen LogP) is 2.19. The lowest BCUT2D eigenvalue weighted by atomic mass is 9.91. The van der Waals surface area contributed by atoms with E-state index in [9.17, 15) is 4.79 Å². The quantitative estimate of drug-likeness (QED) is 0.869. The van der Waals surface area contributed by atoms with Crippen molar-refractivity contribution < 1.29 is 4.79 Å². The van der Waals surface area contributed by atoms with Crippen LogP contribution in [-0.4, -0.2) is 23.9 Å². The number of nitrogens with zero attached hydrogens (tertiary/aromatic N) is 1. The van der Waals surface area contributed by atoms with Crippen LogP contribution in [0.3, 0.4) is 0 Å². The number of rotatable bonds is 2. The van der Waals surface area contributed by atoms with Gasteiger partial charge in [-0.1, -0.05) is 44.2 Å². The number of benzene rings is 1. The molecule has 2 rings (SSSR count). The van der Waals surface area contributed by atoms with Crippen molar-refractivity contribution in [3.05, 3.63) is 35.9 Å². The van der Waals surface area contributed by atoms with Crippen molar-refractivity contribution in [2.24, 2.45) is 17.6 Å². The van der Waals surface area contributed by atoms with Gasteiger partial charge in [0.25, 0.3) is 0 Å². The summed E-state index contributed by atoms with van der Waals surface area (Å²) in [7, 11) is 0. The van der Waals surface area contributed by atoms with E-state index >= 15 is 0 Å². The molecule has 0 spiro atoms. The lowest BCUT2D eigenvalue weighted by Crippen LogP contribution is -2.46. The minimum absolute atomic E-state index is 0.0552. The second-order valence-corrected chi connectivity index (χ2v) is 5.58. The largest absolute Gasteiger partial charge is 0.341 e. The summed E-state index contributed by atoms with van der Waals surface area (Å²) in [4.78, 5) is 14.3. The Morgan fingerprint density at radius 1 is 1.22 bits per heavy atom. The first-order valence-electron chi connectivity index (χ1n) is 6.67. The molecule has 1 amide bonds. The molecular weight excluding hydrogens is 224 g/mol. The molecule has 0 radical (unpaired) electrons. The van der Waals surface area contributed by atoms with E-state index in [0.717, 1.165) is 18.7 Å². The van der Waals surface area contributed by atoms with Crippen LogP contribution >= 0.6 is 0 Å². The van der Waals surface area contributed by atoms with Crippen LogP contribution in [0, 0.1) is 11.8 Å². The summed E-state index contributed by atoms with van der Waals surface area (Å²) in [5.41, 5.74) is 6.97. The van der Waals surface area contributed by atoms with Crippen molar-refractivity contribution in [3.63, 3.8) is 0 Å². The SMILES string of the molecule is CC1CC(C)CN(C(=O)[C@@H](N)c2ccccc2)C1. The van der Waals surface area contributed by atoms with Crippen LogP contribution in [0.15, 0.2) is 30.3 Å². The molecule has 0 aromatic heterocycles. The van der Waals surface area contributed by atoms with Crippen LogP contribution in [0.5, 0.6) is 0 Å². The minimum atomic E-state index is -0.524. The predicted molar refractivity (Wildman–Crippen MR) is 72.9 cm³/mol. The molecule has 2 N–H and O–H groups in total. The molecule has 1 saturated heterocycles. The van der Waals surface area contributed by atoms with Crippen molar-refractivity contribution in [3.8, 4) is 0 Å². The minimum Gasteiger partial charge on any atom is -0.341 e. The summed E-state index contributed by atoms with van der Waals surface area (Å²) in [6.07, 6.45) is 1.20. The Balaban J connectivity index is 2.07.